The maximum absolute atomic E-state index is 13.6. The lowest BCUT2D eigenvalue weighted by Gasteiger charge is -2.15. The summed E-state index contributed by atoms with van der Waals surface area (Å²) in [5, 5.41) is 13.3. The number of nitrogens with one attached hydrogen (secondary N) is 2. The van der Waals surface area contributed by atoms with Crippen LogP contribution in [-0.4, -0.2) is 46.2 Å². The summed E-state index contributed by atoms with van der Waals surface area (Å²) in [7, 11) is -1.26. The van der Waals surface area contributed by atoms with E-state index in [4.69, 9.17) is 9.84 Å². The summed E-state index contributed by atoms with van der Waals surface area (Å²) in [5.74, 6) is -0.397. The first-order valence-corrected chi connectivity index (χ1v) is 19.5. The van der Waals surface area contributed by atoms with Crippen molar-refractivity contribution in [2.75, 3.05) is 17.2 Å². The van der Waals surface area contributed by atoms with E-state index in [1.54, 1.807) is 41.6 Å². The monoisotopic (exact) mass is 642 g/mol. The van der Waals surface area contributed by atoms with Crippen molar-refractivity contribution in [3.8, 4) is 11.1 Å². The van der Waals surface area contributed by atoms with E-state index in [1.165, 1.54) is 0 Å². The summed E-state index contributed by atoms with van der Waals surface area (Å²) in [4.78, 5) is 35.3. The number of carbonyl (C=O) groups is 2. The van der Waals surface area contributed by atoms with E-state index in [9.17, 15) is 9.59 Å². The zero-order valence-corrected chi connectivity index (χ0v) is 27.9. The van der Waals surface area contributed by atoms with Crippen LogP contribution in [0.1, 0.15) is 22.5 Å². The summed E-state index contributed by atoms with van der Waals surface area (Å²) in [5.41, 5.74) is 5.20. The van der Waals surface area contributed by atoms with Gasteiger partial charge in [0.05, 0.1) is 5.52 Å². The lowest BCUT2D eigenvalue weighted by Crippen LogP contribution is -2.22. The van der Waals surface area contributed by atoms with Crippen LogP contribution in [0.5, 0.6) is 0 Å². The SMILES string of the molecule is C[Si](C)(C)CCOCn1nc(C(=O)Nc2ccncc2)c2cc(-c3cncc4cccc(NC(=O)CCc5ccccc5)c34)ccc21. The Morgan fingerprint density at radius 2 is 1.68 bits per heavy atom. The number of aromatic nitrogens is 4. The molecule has 3 aromatic carbocycles. The summed E-state index contributed by atoms with van der Waals surface area (Å²) >= 11 is 0. The third kappa shape index (κ3) is 7.79. The molecular formula is C37H38N6O3Si. The molecule has 9 nitrogen and oxygen atoms in total. The minimum Gasteiger partial charge on any atom is -0.360 e. The number of aryl methyl sites for hydroxylation is 1. The van der Waals surface area contributed by atoms with Gasteiger partial charge >= 0.3 is 0 Å². The van der Waals surface area contributed by atoms with Gasteiger partial charge in [0.2, 0.25) is 5.91 Å². The molecule has 0 radical (unpaired) electrons. The highest BCUT2D eigenvalue weighted by Crippen LogP contribution is 2.35. The Kier molecular flexibility index (Phi) is 9.51. The van der Waals surface area contributed by atoms with Gasteiger partial charge in [0.15, 0.2) is 5.69 Å². The number of hydrogen-bond acceptors (Lipinski definition) is 6. The fraction of sp³-hybridized carbons (Fsp3) is 0.216. The average Bonchev–Trinajstić information content (AvgIpc) is 3.44. The van der Waals surface area contributed by atoms with Gasteiger partial charge in [-0.3, -0.25) is 19.6 Å². The minimum atomic E-state index is -1.26. The van der Waals surface area contributed by atoms with Gasteiger partial charge in [-0.05, 0) is 53.9 Å². The molecule has 238 valence electrons. The Hall–Kier alpha value is -5.19. The third-order valence-electron chi connectivity index (χ3n) is 7.97. The Labute approximate surface area is 275 Å². The van der Waals surface area contributed by atoms with Crippen molar-refractivity contribution >= 4 is 52.9 Å². The average molecular weight is 643 g/mol. The summed E-state index contributed by atoms with van der Waals surface area (Å²) in [6, 6.07) is 26.2. The van der Waals surface area contributed by atoms with Crippen molar-refractivity contribution < 1.29 is 14.3 Å². The number of nitrogens with zero attached hydrogens (tertiary/aromatic N) is 4. The molecule has 0 saturated carbocycles. The molecule has 2 N–H and O–H groups in total. The van der Waals surface area contributed by atoms with Crippen molar-refractivity contribution in [1.29, 1.82) is 0 Å². The van der Waals surface area contributed by atoms with Crippen LogP contribution in [0, 0.1) is 0 Å². The maximum Gasteiger partial charge on any atom is 0.276 e. The second-order valence-electron chi connectivity index (χ2n) is 12.7. The fourth-order valence-corrected chi connectivity index (χ4v) is 6.20. The number of rotatable bonds is 12. The summed E-state index contributed by atoms with van der Waals surface area (Å²) in [6.45, 7) is 7.80. The molecule has 6 aromatic rings. The Morgan fingerprint density at radius 1 is 0.872 bits per heavy atom. The molecule has 3 heterocycles. The first kappa shape index (κ1) is 31.8. The minimum absolute atomic E-state index is 0.0648. The zero-order valence-electron chi connectivity index (χ0n) is 26.9. The molecule has 0 atom stereocenters. The topological polar surface area (TPSA) is 111 Å². The van der Waals surface area contributed by atoms with Crippen LogP contribution in [0.2, 0.25) is 25.7 Å². The predicted octanol–water partition coefficient (Wildman–Crippen LogP) is 7.78. The quantitative estimate of drug-likeness (QED) is 0.104. The first-order chi connectivity index (χ1) is 22.7. The Balaban J connectivity index is 1.35. The molecule has 0 saturated heterocycles. The van der Waals surface area contributed by atoms with Gasteiger partial charge in [0, 0.05) is 79.0 Å². The van der Waals surface area contributed by atoms with E-state index in [0.717, 1.165) is 39.0 Å². The third-order valence-corrected chi connectivity index (χ3v) is 9.67. The molecule has 10 heteroatoms. The highest BCUT2D eigenvalue weighted by Gasteiger charge is 2.20. The van der Waals surface area contributed by atoms with Crippen molar-refractivity contribution in [1.82, 2.24) is 19.7 Å². The van der Waals surface area contributed by atoms with Crippen molar-refractivity contribution in [2.45, 2.75) is 45.3 Å². The number of carbonyl (C=O) groups excluding carboxylic acids is 2. The summed E-state index contributed by atoms with van der Waals surface area (Å²) < 4.78 is 7.77. The van der Waals surface area contributed by atoms with Crippen LogP contribution >= 0.6 is 0 Å². The second-order valence-corrected chi connectivity index (χ2v) is 18.4. The van der Waals surface area contributed by atoms with Gasteiger partial charge in [-0.25, -0.2) is 4.68 Å². The van der Waals surface area contributed by atoms with Crippen molar-refractivity contribution in [3.63, 3.8) is 0 Å². The van der Waals surface area contributed by atoms with Gasteiger partial charge < -0.3 is 15.4 Å². The van der Waals surface area contributed by atoms with E-state index < -0.39 is 8.07 Å². The number of amides is 2. The van der Waals surface area contributed by atoms with Gasteiger partial charge in [-0.1, -0.05) is 68.2 Å². The largest absolute Gasteiger partial charge is 0.360 e. The maximum atomic E-state index is 13.6. The van der Waals surface area contributed by atoms with Crippen LogP contribution in [0.3, 0.4) is 0 Å². The predicted molar refractivity (Wildman–Crippen MR) is 190 cm³/mol. The van der Waals surface area contributed by atoms with Crippen molar-refractivity contribution in [3.05, 3.63) is 115 Å². The second kappa shape index (κ2) is 14.1. The molecule has 6 rings (SSSR count). The van der Waals surface area contributed by atoms with Crippen LogP contribution < -0.4 is 10.6 Å². The lowest BCUT2D eigenvalue weighted by molar-refractivity contribution is -0.116. The number of hydrogen-bond donors (Lipinski definition) is 2. The molecule has 0 bridgehead atoms. The molecule has 0 aliphatic heterocycles. The molecular weight excluding hydrogens is 605 g/mol. The van der Waals surface area contributed by atoms with E-state index in [1.807, 2.05) is 66.7 Å². The smallest absolute Gasteiger partial charge is 0.276 e. The van der Waals surface area contributed by atoms with Gasteiger partial charge in [-0.15, -0.1) is 0 Å². The lowest BCUT2D eigenvalue weighted by atomic mass is 9.98. The fourth-order valence-electron chi connectivity index (χ4n) is 5.44. The highest BCUT2D eigenvalue weighted by molar-refractivity contribution is 6.76. The van der Waals surface area contributed by atoms with E-state index in [-0.39, 0.29) is 24.2 Å². The molecule has 2 amide bonds. The standard InChI is InChI=1S/C37H38N6O3Si/c1-47(2,3)21-20-46-25-43-33-14-13-27(22-30(33)36(42-43)37(45)40-29-16-18-38-19-17-29)31-24-39-23-28-10-7-11-32(35(28)31)41-34(44)15-12-26-8-5-4-6-9-26/h4-11,13-14,16-19,22-24H,12,15,20-21,25H2,1-3H3,(H,41,44)(H,38,40,45). The highest BCUT2D eigenvalue weighted by atomic mass is 28.3. The number of ether oxygens (including phenoxy) is 1. The van der Waals surface area contributed by atoms with Gasteiger partial charge in [-0.2, -0.15) is 5.10 Å². The zero-order chi connectivity index (χ0) is 32.8. The van der Waals surface area contributed by atoms with Crippen LogP contribution in [-0.2, 0) is 22.7 Å². The molecule has 0 aliphatic carbocycles. The number of fused-ring (bicyclic) bond motifs is 2. The molecule has 0 unspecified atom stereocenters. The molecule has 3 aromatic heterocycles. The van der Waals surface area contributed by atoms with E-state index in [2.05, 4.69) is 40.2 Å². The van der Waals surface area contributed by atoms with Gasteiger partial charge in [0.1, 0.15) is 6.73 Å². The molecule has 0 fully saturated rings. The van der Waals surface area contributed by atoms with Crippen LogP contribution in [0.25, 0.3) is 32.8 Å². The van der Waals surface area contributed by atoms with E-state index in [0.29, 0.717) is 36.2 Å². The van der Waals surface area contributed by atoms with Crippen LogP contribution in [0.4, 0.5) is 11.4 Å². The molecule has 47 heavy (non-hydrogen) atoms. The summed E-state index contributed by atoms with van der Waals surface area (Å²) in [6.07, 6.45) is 7.86. The Bertz CT molecular complexity index is 2020. The number of benzene rings is 3. The van der Waals surface area contributed by atoms with Crippen LogP contribution in [0.15, 0.2) is 104 Å². The first-order valence-electron chi connectivity index (χ1n) is 15.8. The van der Waals surface area contributed by atoms with Crippen molar-refractivity contribution in [2.24, 2.45) is 0 Å². The molecule has 0 aliphatic rings. The van der Waals surface area contributed by atoms with E-state index >= 15 is 0 Å². The molecule has 0 spiro atoms. The van der Waals surface area contributed by atoms with Gasteiger partial charge in [0.25, 0.3) is 5.91 Å². The Morgan fingerprint density at radius 3 is 2.47 bits per heavy atom. The normalized spacial score (nSPS) is 11.6. The number of anilines is 2. The number of pyridine rings is 2.